The van der Waals surface area contributed by atoms with E-state index in [1.165, 1.54) is 5.56 Å². The molecule has 1 aliphatic rings. The maximum Gasteiger partial charge on any atom is 0.227 e. The molecule has 5 heteroatoms. The number of hydrogen-bond donors (Lipinski definition) is 1. The Kier molecular flexibility index (Phi) is 4.60. The summed E-state index contributed by atoms with van der Waals surface area (Å²) in [5, 5.41) is 2.87. The van der Waals surface area contributed by atoms with Crippen molar-refractivity contribution in [2.24, 2.45) is 5.92 Å². The van der Waals surface area contributed by atoms with Crippen molar-refractivity contribution in [1.29, 1.82) is 0 Å². The molecular formula is C19H21N3O2. The van der Waals surface area contributed by atoms with E-state index < -0.39 is 0 Å². The molecule has 5 nitrogen and oxygen atoms in total. The van der Waals surface area contributed by atoms with Crippen LogP contribution >= 0.6 is 0 Å². The highest BCUT2D eigenvalue weighted by Gasteiger charge is 2.35. The Morgan fingerprint density at radius 3 is 2.79 bits per heavy atom. The summed E-state index contributed by atoms with van der Waals surface area (Å²) in [7, 11) is 0. The Labute approximate surface area is 141 Å². The first-order chi connectivity index (χ1) is 11.5. The van der Waals surface area contributed by atoms with E-state index in [9.17, 15) is 9.59 Å². The molecule has 0 bridgehead atoms. The third kappa shape index (κ3) is 3.45. The highest BCUT2D eigenvalue weighted by molar-refractivity contribution is 6.00. The molecule has 2 amide bonds. The largest absolute Gasteiger partial charge is 0.350 e. The maximum atomic E-state index is 12.3. The van der Waals surface area contributed by atoms with Crippen LogP contribution in [-0.4, -0.2) is 23.3 Å². The van der Waals surface area contributed by atoms with Crippen molar-refractivity contribution >= 4 is 17.5 Å². The zero-order valence-corrected chi connectivity index (χ0v) is 14.0. The molecule has 1 N–H and O–H groups in total. The van der Waals surface area contributed by atoms with Crippen molar-refractivity contribution in [3.05, 3.63) is 59.4 Å². The van der Waals surface area contributed by atoms with Gasteiger partial charge in [-0.3, -0.25) is 14.6 Å². The second-order valence-electron chi connectivity index (χ2n) is 6.21. The number of anilines is 1. The van der Waals surface area contributed by atoms with Gasteiger partial charge in [-0.05, 0) is 49.2 Å². The number of carbonyl (C=O) groups is 2. The number of carbonyl (C=O) groups excluding carboxylic acids is 2. The van der Waals surface area contributed by atoms with E-state index in [4.69, 9.17) is 0 Å². The van der Waals surface area contributed by atoms with Gasteiger partial charge in [-0.25, -0.2) is 0 Å². The van der Waals surface area contributed by atoms with E-state index in [1.54, 1.807) is 11.1 Å². The molecule has 0 spiro atoms. The molecule has 2 aromatic rings. The summed E-state index contributed by atoms with van der Waals surface area (Å²) in [4.78, 5) is 30.5. The summed E-state index contributed by atoms with van der Waals surface area (Å²) in [5.74, 6) is -0.417. The fraction of sp³-hybridized carbons (Fsp3) is 0.316. The molecule has 124 valence electrons. The Morgan fingerprint density at radius 2 is 2.08 bits per heavy atom. The molecule has 1 saturated heterocycles. The van der Waals surface area contributed by atoms with Crippen molar-refractivity contribution < 1.29 is 9.59 Å². The third-order valence-corrected chi connectivity index (χ3v) is 4.47. The average molecular weight is 323 g/mol. The molecule has 0 radical (unpaired) electrons. The summed E-state index contributed by atoms with van der Waals surface area (Å²) < 4.78 is 0. The molecule has 2 heterocycles. The van der Waals surface area contributed by atoms with Gasteiger partial charge in [0.2, 0.25) is 11.8 Å². The lowest BCUT2D eigenvalue weighted by Crippen LogP contribution is -2.32. The van der Waals surface area contributed by atoms with Gasteiger partial charge in [-0.15, -0.1) is 0 Å². The molecule has 1 aromatic carbocycles. The smallest absolute Gasteiger partial charge is 0.227 e. The topological polar surface area (TPSA) is 62.3 Å². The molecule has 0 unspecified atom stereocenters. The van der Waals surface area contributed by atoms with Crippen LogP contribution in [0.15, 0.2) is 42.6 Å². The Hall–Kier alpha value is -2.69. The van der Waals surface area contributed by atoms with Crippen molar-refractivity contribution in [3.8, 4) is 0 Å². The van der Waals surface area contributed by atoms with E-state index in [2.05, 4.69) is 10.3 Å². The Morgan fingerprint density at radius 1 is 1.25 bits per heavy atom. The first-order valence-electron chi connectivity index (χ1n) is 8.10. The molecular weight excluding hydrogens is 302 g/mol. The summed E-state index contributed by atoms with van der Waals surface area (Å²) in [6.07, 6.45) is 1.95. The minimum atomic E-state index is -0.317. The minimum Gasteiger partial charge on any atom is -0.350 e. The molecule has 3 rings (SSSR count). The lowest BCUT2D eigenvalue weighted by Gasteiger charge is -2.18. The SMILES string of the molecule is Cc1ccc(N2C[C@H](C(=O)NCc3ccccn3)CC2=O)cc1C. The van der Waals surface area contributed by atoms with Crippen molar-refractivity contribution in [1.82, 2.24) is 10.3 Å². The van der Waals surface area contributed by atoms with Crippen LogP contribution in [0.2, 0.25) is 0 Å². The van der Waals surface area contributed by atoms with Crippen LogP contribution in [0.25, 0.3) is 0 Å². The number of benzene rings is 1. The summed E-state index contributed by atoms with van der Waals surface area (Å²) in [6, 6.07) is 11.5. The predicted octanol–water partition coefficient (Wildman–Crippen LogP) is 2.37. The lowest BCUT2D eigenvalue weighted by atomic mass is 10.1. The summed E-state index contributed by atoms with van der Waals surface area (Å²) in [6.45, 7) is 4.87. The summed E-state index contributed by atoms with van der Waals surface area (Å²) >= 11 is 0. The lowest BCUT2D eigenvalue weighted by molar-refractivity contribution is -0.126. The van der Waals surface area contributed by atoms with E-state index in [-0.39, 0.29) is 24.2 Å². The molecule has 1 aromatic heterocycles. The molecule has 0 aliphatic carbocycles. The molecule has 0 saturated carbocycles. The zero-order valence-electron chi connectivity index (χ0n) is 14.0. The van der Waals surface area contributed by atoms with Gasteiger partial charge in [-0.2, -0.15) is 0 Å². The average Bonchev–Trinajstić information content (AvgIpc) is 2.98. The van der Waals surface area contributed by atoms with Crippen molar-refractivity contribution in [3.63, 3.8) is 0 Å². The van der Waals surface area contributed by atoms with Crippen LogP contribution in [0.4, 0.5) is 5.69 Å². The van der Waals surface area contributed by atoms with E-state index in [0.29, 0.717) is 13.1 Å². The quantitative estimate of drug-likeness (QED) is 0.939. The fourth-order valence-corrected chi connectivity index (χ4v) is 2.85. The van der Waals surface area contributed by atoms with E-state index in [1.807, 2.05) is 50.2 Å². The minimum absolute atomic E-state index is 0.00348. The number of amides is 2. The van der Waals surface area contributed by atoms with Gasteiger partial charge in [-0.1, -0.05) is 12.1 Å². The second-order valence-corrected chi connectivity index (χ2v) is 6.21. The number of hydrogen-bond acceptors (Lipinski definition) is 3. The Balaban J connectivity index is 1.63. The number of nitrogens with zero attached hydrogens (tertiary/aromatic N) is 2. The third-order valence-electron chi connectivity index (χ3n) is 4.47. The van der Waals surface area contributed by atoms with Crippen LogP contribution in [-0.2, 0) is 16.1 Å². The van der Waals surface area contributed by atoms with E-state index in [0.717, 1.165) is 16.9 Å². The number of rotatable bonds is 4. The number of nitrogens with one attached hydrogen (secondary N) is 1. The molecule has 24 heavy (non-hydrogen) atoms. The number of aryl methyl sites for hydroxylation is 2. The monoisotopic (exact) mass is 323 g/mol. The highest BCUT2D eigenvalue weighted by atomic mass is 16.2. The van der Waals surface area contributed by atoms with Crippen LogP contribution in [0, 0.1) is 19.8 Å². The van der Waals surface area contributed by atoms with Gasteiger partial charge in [0.05, 0.1) is 18.2 Å². The van der Waals surface area contributed by atoms with Crippen molar-refractivity contribution in [2.45, 2.75) is 26.8 Å². The maximum absolute atomic E-state index is 12.3. The summed E-state index contributed by atoms with van der Waals surface area (Å²) in [5.41, 5.74) is 4.00. The van der Waals surface area contributed by atoms with Gasteiger partial charge >= 0.3 is 0 Å². The predicted molar refractivity (Wildman–Crippen MR) is 92.5 cm³/mol. The second kappa shape index (κ2) is 6.83. The van der Waals surface area contributed by atoms with Gasteiger partial charge < -0.3 is 10.2 Å². The Bertz CT molecular complexity index is 758. The van der Waals surface area contributed by atoms with Crippen LogP contribution in [0.1, 0.15) is 23.2 Å². The normalized spacial score (nSPS) is 17.2. The van der Waals surface area contributed by atoms with Gasteiger partial charge in [0.25, 0.3) is 0 Å². The number of pyridine rings is 1. The molecule has 1 aliphatic heterocycles. The highest BCUT2D eigenvalue weighted by Crippen LogP contribution is 2.26. The van der Waals surface area contributed by atoms with E-state index >= 15 is 0 Å². The fourth-order valence-electron chi connectivity index (χ4n) is 2.85. The first-order valence-corrected chi connectivity index (χ1v) is 8.10. The van der Waals surface area contributed by atoms with Crippen LogP contribution in [0.3, 0.4) is 0 Å². The van der Waals surface area contributed by atoms with Gasteiger partial charge in [0, 0.05) is 24.8 Å². The van der Waals surface area contributed by atoms with Crippen LogP contribution < -0.4 is 10.2 Å². The molecule has 1 fully saturated rings. The van der Waals surface area contributed by atoms with Gasteiger partial charge in [0.15, 0.2) is 0 Å². The first kappa shape index (κ1) is 16.2. The van der Waals surface area contributed by atoms with Gasteiger partial charge in [0.1, 0.15) is 0 Å². The standard InChI is InChI=1S/C19H21N3O2/c1-13-6-7-17(9-14(13)2)22-12-15(10-18(22)23)19(24)21-11-16-5-3-4-8-20-16/h3-9,15H,10-12H2,1-2H3,(H,21,24)/t15-/m1/s1. The van der Waals surface area contributed by atoms with Crippen molar-refractivity contribution in [2.75, 3.05) is 11.4 Å². The molecule has 1 atom stereocenters. The van der Waals surface area contributed by atoms with Crippen LogP contribution in [0.5, 0.6) is 0 Å². The number of aromatic nitrogens is 1. The zero-order chi connectivity index (χ0) is 17.1.